The number of primary amides is 1. The second kappa shape index (κ2) is 7.49. The van der Waals surface area contributed by atoms with Gasteiger partial charge >= 0.3 is 0 Å². The molecule has 2 aromatic carbocycles. The Balaban J connectivity index is 1.80. The van der Waals surface area contributed by atoms with Crippen molar-refractivity contribution in [2.45, 2.75) is 37.6 Å². The zero-order chi connectivity index (χ0) is 16.9. The number of nitrogens with two attached hydrogens (primary N) is 2. The zero-order valence-corrected chi connectivity index (χ0v) is 13.8. The Morgan fingerprint density at radius 2 is 1.96 bits per heavy atom. The van der Waals surface area contributed by atoms with Crippen molar-refractivity contribution in [2.75, 3.05) is 6.61 Å². The van der Waals surface area contributed by atoms with E-state index in [9.17, 15) is 4.79 Å². The number of carbonyl (C=O) groups is 1. The van der Waals surface area contributed by atoms with Crippen LogP contribution in [0.1, 0.15) is 35.4 Å². The molecule has 0 spiro atoms. The fourth-order valence-corrected chi connectivity index (χ4v) is 3.39. The maximum Gasteiger partial charge on any atom is 0.220 e. The minimum absolute atomic E-state index is 0.151. The number of ether oxygens (including phenoxy) is 1. The average Bonchev–Trinajstić information content (AvgIpc) is 2.58. The van der Waals surface area contributed by atoms with Gasteiger partial charge in [-0.3, -0.25) is 4.79 Å². The molecule has 0 aliphatic heterocycles. The molecule has 0 saturated carbocycles. The quantitative estimate of drug-likeness (QED) is 0.857. The lowest BCUT2D eigenvalue weighted by Gasteiger charge is -2.32. The Morgan fingerprint density at radius 3 is 2.71 bits per heavy atom. The first-order chi connectivity index (χ1) is 11.6. The summed E-state index contributed by atoms with van der Waals surface area (Å²) in [5.74, 6) is 0.718. The fraction of sp³-hybridized carbons (Fsp3) is 0.350. The van der Waals surface area contributed by atoms with Gasteiger partial charge in [0.25, 0.3) is 0 Å². The summed E-state index contributed by atoms with van der Waals surface area (Å²) in [6.07, 6.45) is 3.17. The lowest BCUT2D eigenvalue weighted by Crippen LogP contribution is -2.34. The van der Waals surface area contributed by atoms with Gasteiger partial charge in [0.15, 0.2) is 0 Å². The number of benzene rings is 2. The smallest absolute Gasteiger partial charge is 0.220 e. The highest BCUT2D eigenvalue weighted by atomic mass is 16.5. The van der Waals surface area contributed by atoms with Crippen molar-refractivity contribution < 1.29 is 9.53 Å². The first-order valence-electron chi connectivity index (χ1n) is 8.47. The second-order valence-electron chi connectivity index (χ2n) is 6.42. The summed E-state index contributed by atoms with van der Waals surface area (Å²) in [5, 5.41) is 0. The van der Waals surface area contributed by atoms with Gasteiger partial charge in [0, 0.05) is 12.0 Å². The van der Waals surface area contributed by atoms with Gasteiger partial charge in [-0.2, -0.15) is 0 Å². The van der Waals surface area contributed by atoms with E-state index in [1.54, 1.807) is 0 Å². The summed E-state index contributed by atoms with van der Waals surface area (Å²) < 4.78 is 5.68. The molecule has 1 amide bonds. The molecule has 4 nitrogen and oxygen atoms in total. The Kier molecular flexibility index (Phi) is 5.16. The number of hydrogen-bond acceptors (Lipinski definition) is 3. The molecule has 0 bridgehead atoms. The monoisotopic (exact) mass is 324 g/mol. The molecule has 0 heterocycles. The maximum atomic E-state index is 10.8. The minimum atomic E-state index is -0.350. The molecule has 24 heavy (non-hydrogen) atoms. The normalized spacial score (nSPS) is 19.5. The van der Waals surface area contributed by atoms with Crippen LogP contribution < -0.4 is 16.2 Å². The lowest BCUT2D eigenvalue weighted by atomic mass is 9.76. The third-order valence-corrected chi connectivity index (χ3v) is 4.70. The van der Waals surface area contributed by atoms with Gasteiger partial charge in [0.2, 0.25) is 5.91 Å². The highest BCUT2D eigenvalue weighted by Gasteiger charge is 2.27. The highest BCUT2D eigenvalue weighted by molar-refractivity contribution is 5.73. The van der Waals surface area contributed by atoms with Crippen LogP contribution in [0.2, 0.25) is 0 Å². The molecule has 2 unspecified atom stereocenters. The Labute approximate surface area is 142 Å². The summed E-state index contributed by atoms with van der Waals surface area (Å²) in [4.78, 5) is 10.8. The van der Waals surface area contributed by atoms with Crippen molar-refractivity contribution in [3.63, 3.8) is 0 Å². The number of fused-ring (bicyclic) bond motifs is 1. The molecule has 0 fully saturated rings. The molecule has 4 N–H and O–H groups in total. The van der Waals surface area contributed by atoms with E-state index in [0.717, 1.165) is 25.0 Å². The second-order valence-corrected chi connectivity index (χ2v) is 6.42. The van der Waals surface area contributed by atoms with Crippen molar-refractivity contribution in [1.82, 2.24) is 0 Å². The molecule has 126 valence electrons. The molecule has 4 heteroatoms. The van der Waals surface area contributed by atoms with Crippen LogP contribution >= 0.6 is 0 Å². The summed E-state index contributed by atoms with van der Waals surface area (Å²) in [5.41, 5.74) is 15.5. The summed E-state index contributed by atoms with van der Waals surface area (Å²) in [6.45, 7) is 0.309. The van der Waals surface area contributed by atoms with Crippen molar-refractivity contribution in [3.8, 4) is 5.75 Å². The lowest BCUT2D eigenvalue weighted by molar-refractivity contribution is -0.118. The molecule has 1 aliphatic carbocycles. The first kappa shape index (κ1) is 16.5. The van der Waals surface area contributed by atoms with E-state index < -0.39 is 0 Å². The van der Waals surface area contributed by atoms with Crippen LogP contribution in [-0.4, -0.2) is 18.6 Å². The SMILES string of the molecule is NC(=O)CCOc1ccc2c(c1)C(Cc1ccccc1)C(N)CC2. The Hall–Kier alpha value is -2.33. The predicted molar refractivity (Wildman–Crippen MR) is 94.9 cm³/mol. The van der Waals surface area contributed by atoms with Crippen LogP contribution in [0, 0.1) is 0 Å². The standard InChI is InChI=1S/C20H24N2O2/c21-19-9-7-15-6-8-16(24-11-10-20(22)23)13-17(15)18(19)12-14-4-2-1-3-5-14/h1-6,8,13,18-19H,7,9-12,21H2,(H2,22,23). The van der Waals surface area contributed by atoms with Crippen molar-refractivity contribution in [3.05, 3.63) is 65.2 Å². The number of aryl methyl sites for hydroxylation is 1. The molecule has 2 aromatic rings. The third-order valence-electron chi connectivity index (χ3n) is 4.70. The van der Waals surface area contributed by atoms with E-state index in [4.69, 9.17) is 16.2 Å². The van der Waals surface area contributed by atoms with Crippen molar-refractivity contribution in [2.24, 2.45) is 11.5 Å². The first-order valence-corrected chi connectivity index (χ1v) is 8.47. The van der Waals surface area contributed by atoms with Gasteiger partial charge in [-0.25, -0.2) is 0 Å². The van der Waals surface area contributed by atoms with E-state index in [1.807, 2.05) is 12.1 Å². The molecule has 1 aliphatic rings. The average molecular weight is 324 g/mol. The molecule has 2 atom stereocenters. The van der Waals surface area contributed by atoms with Crippen molar-refractivity contribution >= 4 is 5.91 Å². The van der Waals surface area contributed by atoms with Crippen LogP contribution in [0.5, 0.6) is 5.75 Å². The van der Waals surface area contributed by atoms with E-state index in [1.165, 1.54) is 16.7 Å². The van der Waals surface area contributed by atoms with Crippen LogP contribution in [0.25, 0.3) is 0 Å². The molecule has 3 rings (SSSR count). The van der Waals surface area contributed by atoms with Crippen LogP contribution in [0.3, 0.4) is 0 Å². The van der Waals surface area contributed by atoms with Crippen LogP contribution in [0.15, 0.2) is 48.5 Å². The number of rotatable bonds is 6. The summed E-state index contributed by atoms with van der Waals surface area (Å²) in [6, 6.07) is 16.8. The van der Waals surface area contributed by atoms with E-state index in [-0.39, 0.29) is 24.3 Å². The van der Waals surface area contributed by atoms with Gasteiger partial charge in [0.1, 0.15) is 5.75 Å². The largest absolute Gasteiger partial charge is 0.493 e. The molecular formula is C20H24N2O2. The summed E-state index contributed by atoms with van der Waals surface area (Å²) in [7, 11) is 0. The number of carbonyl (C=O) groups excluding carboxylic acids is 1. The van der Waals surface area contributed by atoms with Crippen LogP contribution in [-0.2, 0) is 17.6 Å². The molecule has 0 aromatic heterocycles. The van der Waals surface area contributed by atoms with Gasteiger partial charge in [-0.15, -0.1) is 0 Å². The number of hydrogen-bond donors (Lipinski definition) is 2. The topological polar surface area (TPSA) is 78.3 Å². The fourth-order valence-electron chi connectivity index (χ4n) is 3.39. The van der Waals surface area contributed by atoms with Gasteiger partial charge in [0.05, 0.1) is 13.0 Å². The third kappa shape index (κ3) is 3.95. The Morgan fingerprint density at radius 1 is 1.17 bits per heavy atom. The zero-order valence-electron chi connectivity index (χ0n) is 13.8. The van der Waals surface area contributed by atoms with E-state index >= 15 is 0 Å². The minimum Gasteiger partial charge on any atom is -0.493 e. The van der Waals surface area contributed by atoms with Crippen LogP contribution in [0.4, 0.5) is 0 Å². The van der Waals surface area contributed by atoms with Gasteiger partial charge < -0.3 is 16.2 Å². The Bertz CT molecular complexity index is 700. The van der Waals surface area contributed by atoms with Gasteiger partial charge in [-0.05, 0) is 48.1 Å². The molecule has 0 radical (unpaired) electrons. The molecule has 0 saturated heterocycles. The number of amides is 1. The highest BCUT2D eigenvalue weighted by Crippen LogP contribution is 2.35. The van der Waals surface area contributed by atoms with E-state index in [0.29, 0.717) is 6.61 Å². The van der Waals surface area contributed by atoms with Gasteiger partial charge in [-0.1, -0.05) is 36.4 Å². The maximum absolute atomic E-state index is 10.8. The molecular weight excluding hydrogens is 300 g/mol. The summed E-state index contributed by atoms with van der Waals surface area (Å²) >= 11 is 0. The van der Waals surface area contributed by atoms with E-state index in [2.05, 4.69) is 36.4 Å². The predicted octanol–water partition coefficient (Wildman–Crippen LogP) is 2.54. The van der Waals surface area contributed by atoms with Crippen molar-refractivity contribution in [1.29, 1.82) is 0 Å².